The van der Waals surface area contributed by atoms with Gasteiger partial charge in [-0.15, -0.1) is 0 Å². The van der Waals surface area contributed by atoms with E-state index < -0.39 is 11.2 Å². The number of rotatable bonds is 5. The smallest absolute Gasteiger partial charge is 0.244 e. The van der Waals surface area contributed by atoms with E-state index in [1.54, 1.807) is 47.9 Å². The van der Waals surface area contributed by atoms with Crippen molar-refractivity contribution in [3.05, 3.63) is 104 Å². The maximum atomic E-state index is 13.2. The minimum absolute atomic E-state index is 0.0104. The van der Waals surface area contributed by atoms with Crippen LogP contribution in [-0.2, 0) is 11.3 Å². The molecule has 0 fully saturated rings. The molecular formula is C26H22ClN3O3. The first kappa shape index (κ1) is 22.4. The molecule has 0 aliphatic rings. The van der Waals surface area contributed by atoms with E-state index in [0.29, 0.717) is 27.6 Å². The number of hydrogen-bond donors (Lipinski definition) is 1. The zero-order valence-corrected chi connectivity index (χ0v) is 19.2. The van der Waals surface area contributed by atoms with Gasteiger partial charge in [0.2, 0.25) is 11.3 Å². The van der Waals surface area contributed by atoms with E-state index >= 15 is 0 Å². The molecule has 4 rings (SSSR count). The number of benzene rings is 2. The number of pyridine rings is 2. The van der Waals surface area contributed by atoms with E-state index in [2.05, 4.69) is 10.3 Å². The first-order chi connectivity index (χ1) is 15.7. The zero-order valence-electron chi connectivity index (χ0n) is 18.5. The summed E-state index contributed by atoms with van der Waals surface area (Å²) < 4.78 is 1.54. The molecule has 2 aromatic carbocycles. The predicted octanol–water partition coefficient (Wildman–Crippen LogP) is 4.84. The van der Waals surface area contributed by atoms with Crippen molar-refractivity contribution in [1.82, 2.24) is 9.55 Å². The average molecular weight is 460 g/mol. The number of hydrogen-bond acceptors (Lipinski definition) is 4. The molecule has 1 amide bonds. The fraction of sp³-hybridized carbons (Fsp3) is 0.154. The van der Waals surface area contributed by atoms with Crippen molar-refractivity contribution in [2.24, 2.45) is 0 Å². The van der Waals surface area contributed by atoms with Gasteiger partial charge in [0.15, 0.2) is 5.78 Å². The summed E-state index contributed by atoms with van der Waals surface area (Å²) in [6.45, 7) is 5.46. The minimum Gasteiger partial charge on any atom is -0.324 e. The second kappa shape index (κ2) is 9.00. The van der Waals surface area contributed by atoms with Crippen molar-refractivity contribution in [1.29, 1.82) is 0 Å². The summed E-state index contributed by atoms with van der Waals surface area (Å²) in [6, 6.07) is 15.6. The third kappa shape index (κ3) is 4.71. The van der Waals surface area contributed by atoms with Gasteiger partial charge in [-0.2, -0.15) is 0 Å². The fourth-order valence-electron chi connectivity index (χ4n) is 3.58. The molecule has 0 aliphatic carbocycles. The average Bonchev–Trinajstić information content (AvgIpc) is 2.78. The van der Waals surface area contributed by atoms with Crippen LogP contribution in [0.5, 0.6) is 0 Å². The normalized spacial score (nSPS) is 10.9. The van der Waals surface area contributed by atoms with Crippen molar-refractivity contribution in [2.75, 3.05) is 5.32 Å². The SMILES string of the molecule is Cc1ccc(C(=O)c2cn(CC(=O)Nc3cc(Cl)ccc3C)c3nc(C)ccc3c2=O)cc1. The maximum Gasteiger partial charge on any atom is 0.244 e. The second-order valence-corrected chi connectivity index (χ2v) is 8.46. The molecule has 0 aliphatic heterocycles. The lowest BCUT2D eigenvalue weighted by molar-refractivity contribution is -0.116. The van der Waals surface area contributed by atoms with Crippen LogP contribution < -0.4 is 10.7 Å². The first-order valence-electron chi connectivity index (χ1n) is 10.4. The molecule has 0 unspecified atom stereocenters. The van der Waals surface area contributed by atoms with Crippen LogP contribution in [-0.4, -0.2) is 21.2 Å². The minimum atomic E-state index is -0.412. The van der Waals surface area contributed by atoms with Gasteiger partial charge in [0.1, 0.15) is 12.2 Å². The Labute approximate surface area is 195 Å². The van der Waals surface area contributed by atoms with Gasteiger partial charge in [-0.1, -0.05) is 47.5 Å². The molecule has 2 heterocycles. The van der Waals surface area contributed by atoms with E-state index in [1.807, 2.05) is 32.0 Å². The highest BCUT2D eigenvalue weighted by Crippen LogP contribution is 2.21. The van der Waals surface area contributed by atoms with Gasteiger partial charge in [0.25, 0.3) is 0 Å². The molecule has 7 heteroatoms. The van der Waals surface area contributed by atoms with Gasteiger partial charge >= 0.3 is 0 Å². The number of fused-ring (bicyclic) bond motifs is 1. The van der Waals surface area contributed by atoms with Crippen LogP contribution in [0.3, 0.4) is 0 Å². The van der Waals surface area contributed by atoms with E-state index in [0.717, 1.165) is 11.1 Å². The lowest BCUT2D eigenvalue weighted by Gasteiger charge is -2.14. The summed E-state index contributed by atoms with van der Waals surface area (Å²) in [5.74, 6) is -0.732. The lowest BCUT2D eigenvalue weighted by atomic mass is 10.0. The van der Waals surface area contributed by atoms with Crippen molar-refractivity contribution >= 4 is 40.0 Å². The highest BCUT2D eigenvalue weighted by Gasteiger charge is 2.19. The summed E-state index contributed by atoms with van der Waals surface area (Å²) in [5, 5.41) is 3.64. The predicted molar refractivity (Wildman–Crippen MR) is 130 cm³/mol. The van der Waals surface area contributed by atoms with Crippen LogP contribution in [0.25, 0.3) is 11.0 Å². The van der Waals surface area contributed by atoms with E-state index in [9.17, 15) is 14.4 Å². The molecule has 0 spiro atoms. The van der Waals surface area contributed by atoms with Gasteiger partial charge in [-0.05, 0) is 50.6 Å². The maximum absolute atomic E-state index is 13.2. The van der Waals surface area contributed by atoms with Crippen LogP contribution >= 0.6 is 11.6 Å². The van der Waals surface area contributed by atoms with E-state index in [-0.39, 0.29) is 23.4 Å². The highest BCUT2D eigenvalue weighted by atomic mass is 35.5. The Kier molecular flexibility index (Phi) is 6.11. The molecule has 0 bridgehead atoms. The largest absolute Gasteiger partial charge is 0.324 e. The fourth-order valence-corrected chi connectivity index (χ4v) is 3.75. The topological polar surface area (TPSA) is 81.1 Å². The third-order valence-corrected chi connectivity index (χ3v) is 5.64. The Balaban J connectivity index is 1.77. The molecular weight excluding hydrogens is 438 g/mol. The van der Waals surface area contributed by atoms with Gasteiger partial charge < -0.3 is 9.88 Å². The lowest BCUT2D eigenvalue weighted by Crippen LogP contribution is -2.25. The molecule has 1 N–H and O–H groups in total. The summed E-state index contributed by atoms with van der Waals surface area (Å²) in [4.78, 5) is 43.6. The number of aromatic nitrogens is 2. The van der Waals surface area contributed by atoms with Crippen LogP contribution in [0.2, 0.25) is 5.02 Å². The number of ketones is 1. The molecule has 2 aromatic heterocycles. The van der Waals surface area contributed by atoms with Gasteiger partial charge in [-0.3, -0.25) is 14.4 Å². The molecule has 0 atom stereocenters. The molecule has 0 radical (unpaired) electrons. The van der Waals surface area contributed by atoms with Crippen LogP contribution in [0.4, 0.5) is 5.69 Å². The number of carbonyl (C=O) groups is 2. The first-order valence-corrected chi connectivity index (χ1v) is 10.8. The Morgan fingerprint density at radius 1 is 1.00 bits per heavy atom. The molecule has 6 nitrogen and oxygen atoms in total. The Bertz CT molecular complexity index is 1460. The third-order valence-electron chi connectivity index (χ3n) is 5.41. The highest BCUT2D eigenvalue weighted by molar-refractivity contribution is 6.31. The summed E-state index contributed by atoms with van der Waals surface area (Å²) in [6.07, 6.45) is 1.42. The number of nitrogens with one attached hydrogen (secondary N) is 1. The molecule has 33 heavy (non-hydrogen) atoms. The Morgan fingerprint density at radius 2 is 1.73 bits per heavy atom. The molecule has 4 aromatic rings. The molecule has 166 valence electrons. The number of anilines is 1. The van der Waals surface area contributed by atoms with E-state index in [1.165, 1.54) is 6.20 Å². The van der Waals surface area contributed by atoms with Crippen LogP contribution in [0.1, 0.15) is 32.7 Å². The van der Waals surface area contributed by atoms with Crippen molar-refractivity contribution in [3.63, 3.8) is 0 Å². The van der Waals surface area contributed by atoms with Crippen LogP contribution in [0, 0.1) is 20.8 Å². The zero-order chi connectivity index (χ0) is 23.7. The number of aryl methyl sites for hydroxylation is 3. The number of halogens is 1. The van der Waals surface area contributed by atoms with Crippen LogP contribution in [0.15, 0.2) is 65.6 Å². The monoisotopic (exact) mass is 459 g/mol. The summed E-state index contributed by atoms with van der Waals surface area (Å²) in [5.41, 5.74) is 3.49. The van der Waals surface area contributed by atoms with E-state index in [4.69, 9.17) is 11.6 Å². The number of amides is 1. The van der Waals surface area contributed by atoms with Crippen molar-refractivity contribution in [2.45, 2.75) is 27.3 Å². The quantitative estimate of drug-likeness (QED) is 0.433. The molecule has 0 saturated carbocycles. The van der Waals surface area contributed by atoms with Gasteiger partial charge in [-0.25, -0.2) is 4.98 Å². The number of carbonyl (C=O) groups excluding carboxylic acids is 2. The number of nitrogens with zero attached hydrogens (tertiary/aromatic N) is 2. The van der Waals surface area contributed by atoms with Gasteiger partial charge in [0.05, 0.1) is 10.9 Å². The Morgan fingerprint density at radius 3 is 2.45 bits per heavy atom. The van der Waals surface area contributed by atoms with Crippen molar-refractivity contribution < 1.29 is 9.59 Å². The summed E-state index contributed by atoms with van der Waals surface area (Å²) >= 11 is 6.06. The van der Waals surface area contributed by atoms with Crippen molar-refractivity contribution in [3.8, 4) is 0 Å². The molecule has 0 saturated heterocycles. The van der Waals surface area contributed by atoms with Gasteiger partial charge in [0, 0.05) is 28.2 Å². The summed E-state index contributed by atoms with van der Waals surface area (Å²) in [7, 11) is 0. The Hall–Kier alpha value is -3.77. The standard InChI is InChI=1S/C26H22ClN3O3/c1-15-4-8-18(9-5-15)24(32)21-13-30(26-20(25(21)33)11-7-17(3)28-26)14-23(31)29-22-12-19(27)10-6-16(22)2/h4-13H,14H2,1-3H3,(H,29,31). The second-order valence-electron chi connectivity index (χ2n) is 8.03.